The number of aliphatic carboxylic acids is 1. The summed E-state index contributed by atoms with van der Waals surface area (Å²) in [5.41, 5.74) is -0.889. The molecule has 1 rings (SSSR count). The molecule has 0 radical (unpaired) electrons. The van der Waals surface area contributed by atoms with Gasteiger partial charge in [0, 0.05) is 6.07 Å². The van der Waals surface area contributed by atoms with E-state index in [2.05, 4.69) is 19.9 Å². The predicted octanol–water partition coefficient (Wildman–Crippen LogP) is 0.247. The summed E-state index contributed by atoms with van der Waals surface area (Å²) in [5.74, 6) is -4.12. The molecule has 0 saturated carbocycles. The van der Waals surface area contributed by atoms with E-state index in [1.165, 1.54) is 44.1 Å². The normalized spacial score (nSPS) is 10.9. The van der Waals surface area contributed by atoms with E-state index in [0.29, 0.717) is 7.11 Å². The fourth-order valence-corrected chi connectivity index (χ4v) is 1.64. The SMILES string of the molecule is COC(=O)C(C)(C)NC(=O)c1cc[n+](CCC(=O)O)nc1.COC(=O)C(F)(F)F. The van der Waals surface area contributed by atoms with Crippen molar-refractivity contribution in [1.29, 1.82) is 0 Å². The van der Waals surface area contributed by atoms with Gasteiger partial charge in [0.1, 0.15) is 18.2 Å². The lowest BCUT2D eigenvalue weighted by atomic mass is 10.1. The van der Waals surface area contributed by atoms with Crippen molar-refractivity contribution in [2.24, 2.45) is 0 Å². The molecule has 162 valence electrons. The summed E-state index contributed by atoms with van der Waals surface area (Å²) >= 11 is 0. The number of aryl methyl sites for hydroxylation is 1. The molecule has 0 aliphatic heterocycles. The molecule has 0 aliphatic carbocycles. The van der Waals surface area contributed by atoms with Crippen molar-refractivity contribution in [3.05, 3.63) is 24.0 Å². The number of carbonyl (C=O) groups excluding carboxylic acids is 3. The Bertz CT molecular complexity index is 734. The first kappa shape index (κ1) is 25.8. The van der Waals surface area contributed by atoms with E-state index in [-0.39, 0.29) is 18.5 Å². The zero-order valence-corrected chi connectivity index (χ0v) is 16.1. The van der Waals surface area contributed by atoms with Crippen LogP contribution in [0.2, 0.25) is 0 Å². The van der Waals surface area contributed by atoms with Gasteiger partial charge in [-0.05, 0) is 18.9 Å². The lowest BCUT2D eigenvalue weighted by molar-refractivity contribution is -0.753. The molecule has 0 aromatic carbocycles. The first-order valence-corrected chi connectivity index (χ1v) is 7.88. The van der Waals surface area contributed by atoms with Crippen molar-refractivity contribution in [1.82, 2.24) is 10.4 Å². The highest BCUT2D eigenvalue weighted by Gasteiger charge is 2.40. The van der Waals surface area contributed by atoms with Crippen LogP contribution in [0.25, 0.3) is 0 Å². The van der Waals surface area contributed by atoms with Crippen molar-refractivity contribution in [3.8, 4) is 0 Å². The maximum absolute atomic E-state index is 12.0. The highest BCUT2D eigenvalue weighted by Crippen LogP contribution is 2.15. The number of amides is 1. The van der Waals surface area contributed by atoms with Crippen molar-refractivity contribution in [3.63, 3.8) is 0 Å². The summed E-state index contributed by atoms with van der Waals surface area (Å²) in [6.07, 6.45) is -2.10. The van der Waals surface area contributed by atoms with Crippen molar-refractivity contribution in [2.45, 2.75) is 38.5 Å². The van der Waals surface area contributed by atoms with Crippen molar-refractivity contribution < 1.29 is 51.6 Å². The molecule has 29 heavy (non-hydrogen) atoms. The molecule has 0 spiro atoms. The van der Waals surface area contributed by atoms with E-state index in [1.54, 1.807) is 0 Å². The predicted molar refractivity (Wildman–Crippen MR) is 88.3 cm³/mol. The molecule has 1 heterocycles. The highest BCUT2D eigenvalue weighted by molar-refractivity contribution is 5.97. The van der Waals surface area contributed by atoms with Crippen LogP contribution in [0, 0.1) is 0 Å². The van der Waals surface area contributed by atoms with Crippen LogP contribution in [0.5, 0.6) is 0 Å². The Morgan fingerprint density at radius 1 is 1.14 bits per heavy atom. The number of aromatic nitrogens is 2. The lowest BCUT2D eigenvalue weighted by Gasteiger charge is -2.22. The van der Waals surface area contributed by atoms with Gasteiger partial charge in [-0.3, -0.25) is 9.59 Å². The third-order valence-corrected chi connectivity index (χ3v) is 3.13. The summed E-state index contributed by atoms with van der Waals surface area (Å²) in [4.78, 5) is 43.4. The molecule has 10 nitrogen and oxygen atoms in total. The molecule has 2 N–H and O–H groups in total. The number of nitrogens with one attached hydrogen (secondary N) is 1. The second-order valence-corrected chi connectivity index (χ2v) is 5.88. The number of carbonyl (C=O) groups is 4. The van der Waals surface area contributed by atoms with Crippen LogP contribution in [-0.2, 0) is 30.4 Å². The van der Waals surface area contributed by atoms with Gasteiger partial charge >= 0.3 is 24.1 Å². The molecular weight excluding hydrogens is 403 g/mol. The highest BCUT2D eigenvalue weighted by atomic mass is 19.4. The summed E-state index contributed by atoms with van der Waals surface area (Å²) in [6, 6.07) is 1.50. The Kier molecular flexibility index (Phi) is 9.70. The first-order chi connectivity index (χ1) is 13.2. The molecular formula is C16H21F3N3O7+. The average Bonchev–Trinajstić information content (AvgIpc) is 2.64. The van der Waals surface area contributed by atoms with Crippen molar-refractivity contribution in [2.75, 3.05) is 14.2 Å². The number of methoxy groups -OCH3 is 2. The molecule has 1 aromatic rings. The van der Waals surface area contributed by atoms with Crippen LogP contribution >= 0.6 is 0 Å². The molecule has 0 bridgehead atoms. The Balaban J connectivity index is 0.000000828. The standard InChI is InChI=1S/C13H17N3O5.C3H3F3O2/c1-13(2,12(20)21-3)15-11(19)9-4-6-16(14-8-9)7-5-10(17)18;1-8-2(7)3(4,5)6/h4,6,8H,5,7H2,1-3H3,(H-,15,17,18,19);1H3/p+1. The van der Waals surface area contributed by atoms with Gasteiger partial charge in [-0.1, -0.05) is 4.68 Å². The number of halogens is 3. The third kappa shape index (κ3) is 9.48. The van der Waals surface area contributed by atoms with Gasteiger partial charge in [-0.15, -0.1) is 0 Å². The van der Waals surface area contributed by atoms with Gasteiger partial charge in [0.15, 0.2) is 12.7 Å². The summed E-state index contributed by atoms with van der Waals surface area (Å²) in [6.45, 7) is 3.27. The monoisotopic (exact) mass is 424 g/mol. The number of nitrogens with zero attached hydrogens (tertiary/aromatic N) is 2. The molecule has 0 unspecified atom stereocenters. The molecule has 1 amide bonds. The number of esters is 2. The smallest absolute Gasteiger partial charge is 0.481 e. The topological polar surface area (TPSA) is 136 Å². The van der Waals surface area contributed by atoms with Gasteiger partial charge in [0.05, 0.1) is 19.8 Å². The van der Waals surface area contributed by atoms with Crippen LogP contribution in [0.3, 0.4) is 0 Å². The van der Waals surface area contributed by atoms with E-state index >= 15 is 0 Å². The molecule has 13 heteroatoms. The molecule has 0 atom stereocenters. The van der Waals surface area contributed by atoms with Crippen molar-refractivity contribution >= 4 is 23.8 Å². The summed E-state index contributed by atoms with van der Waals surface area (Å²) in [7, 11) is 1.92. The fraction of sp³-hybridized carbons (Fsp3) is 0.500. The number of hydrogen-bond donors (Lipinski definition) is 2. The van der Waals surface area contributed by atoms with Crippen LogP contribution in [0.1, 0.15) is 30.6 Å². The number of carboxylic acids is 1. The number of rotatable bonds is 6. The van der Waals surface area contributed by atoms with Crippen LogP contribution in [0.15, 0.2) is 18.5 Å². The van der Waals surface area contributed by atoms with E-state index in [9.17, 15) is 32.3 Å². The van der Waals surface area contributed by atoms with E-state index in [4.69, 9.17) is 5.11 Å². The molecule has 0 saturated heterocycles. The third-order valence-electron chi connectivity index (χ3n) is 3.13. The summed E-state index contributed by atoms with van der Waals surface area (Å²) < 4.78 is 42.3. The van der Waals surface area contributed by atoms with E-state index in [1.807, 2.05) is 0 Å². The zero-order valence-electron chi connectivity index (χ0n) is 16.1. The second kappa shape index (κ2) is 10.9. The number of ether oxygens (including phenoxy) is 2. The maximum atomic E-state index is 12.0. The van der Waals surface area contributed by atoms with Gasteiger partial charge in [-0.25, -0.2) is 9.59 Å². The Hall–Kier alpha value is -3.25. The largest absolute Gasteiger partial charge is 0.490 e. The Morgan fingerprint density at radius 3 is 2.03 bits per heavy atom. The van der Waals surface area contributed by atoms with E-state index < -0.39 is 35.5 Å². The van der Waals surface area contributed by atoms with Gasteiger partial charge in [-0.2, -0.15) is 13.2 Å². The minimum atomic E-state index is -4.85. The number of hydrogen-bond acceptors (Lipinski definition) is 7. The molecule has 0 aliphatic rings. The van der Waals surface area contributed by atoms with Gasteiger partial charge in [0.25, 0.3) is 5.91 Å². The van der Waals surface area contributed by atoms with Crippen LogP contribution in [-0.4, -0.2) is 60.0 Å². The van der Waals surface area contributed by atoms with Gasteiger partial charge < -0.3 is 19.9 Å². The van der Waals surface area contributed by atoms with Crippen LogP contribution in [0.4, 0.5) is 13.2 Å². The van der Waals surface area contributed by atoms with Gasteiger partial charge in [0.2, 0.25) is 0 Å². The second-order valence-electron chi connectivity index (χ2n) is 5.88. The number of carboxylic acid groups (broad SMARTS) is 1. The fourth-order valence-electron chi connectivity index (χ4n) is 1.64. The quantitative estimate of drug-likeness (QED) is 0.490. The first-order valence-electron chi connectivity index (χ1n) is 7.88. The Morgan fingerprint density at radius 2 is 1.69 bits per heavy atom. The minimum absolute atomic E-state index is 0.0570. The van der Waals surface area contributed by atoms with Crippen LogP contribution < -0.4 is 10.00 Å². The average molecular weight is 424 g/mol. The Labute approximate surface area is 163 Å². The zero-order chi connectivity index (χ0) is 22.8. The minimum Gasteiger partial charge on any atom is -0.481 e. The lowest BCUT2D eigenvalue weighted by Crippen LogP contribution is -2.50. The summed E-state index contributed by atoms with van der Waals surface area (Å²) in [5, 5.41) is 15.1. The number of alkyl halides is 3. The molecule has 1 aromatic heterocycles. The molecule has 0 fully saturated rings. The maximum Gasteiger partial charge on any atom is 0.490 e. The van der Waals surface area contributed by atoms with E-state index in [0.717, 1.165) is 0 Å².